The van der Waals surface area contributed by atoms with Crippen LogP contribution in [0.4, 0.5) is 0 Å². The van der Waals surface area contributed by atoms with Gasteiger partial charge in [-0.25, -0.2) is 0 Å². The highest BCUT2D eigenvalue weighted by molar-refractivity contribution is 6.42. The van der Waals surface area contributed by atoms with Gasteiger partial charge in [-0.15, -0.1) is 0 Å². The Bertz CT molecular complexity index is 382. The van der Waals surface area contributed by atoms with E-state index in [4.69, 9.17) is 27.9 Å². The molecule has 0 amide bonds. The van der Waals surface area contributed by atoms with Crippen molar-refractivity contribution in [1.29, 1.82) is 0 Å². The summed E-state index contributed by atoms with van der Waals surface area (Å²) in [6.45, 7) is 8.17. The van der Waals surface area contributed by atoms with Crippen LogP contribution in [-0.4, -0.2) is 19.2 Å². The van der Waals surface area contributed by atoms with Gasteiger partial charge in [0.25, 0.3) is 0 Å². The van der Waals surface area contributed by atoms with Gasteiger partial charge in [-0.1, -0.05) is 37.0 Å². The first-order valence-corrected chi connectivity index (χ1v) is 7.56. The van der Waals surface area contributed by atoms with Crippen LogP contribution in [0.3, 0.4) is 0 Å². The minimum absolute atomic E-state index is 0.525. The van der Waals surface area contributed by atoms with Crippen molar-refractivity contribution in [2.24, 2.45) is 5.92 Å². The lowest BCUT2D eigenvalue weighted by atomic mass is 10.0. The van der Waals surface area contributed by atoms with Gasteiger partial charge < -0.3 is 10.1 Å². The van der Waals surface area contributed by atoms with Crippen molar-refractivity contribution in [3.05, 3.63) is 28.2 Å². The average Bonchev–Trinajstić information content (AvgIpc) is 2.36. The Hall–Kier alpha value is -0.440. The van der Waals surface area contributed by atoms with Crippen LogP contribution in [0, 0.1) is 5.92 Å². The summed E-state index contributed by atoms with van der Waals surface area (Å²) in [5, 5.41) is 4.53. The molecule has 2 nitrogen and oxygen atoms in total. The highest BCUT2D eigenvalue weighted by atomic mass is 35.5. The summed E-state index contributed by atoms with van der Waals surface area (Å²) in [6, 6.07) is 5.85. The van der Waals surface area contributed by atoms with Crippen molar-refractivity contribution in [3.8, 4) is 5.75 Å². The summed E-state index contributed by atoms with van der Waals surface area (Å²) in [6.07, 6.45) is 2.45. The van der Waals surface area contributed by atoms with E-state index in [1.165, 1.54) is 12.8 Å². The summed E-state index contributed by atoms with van der Waals surface area (Å²) in [5.74, 6) is 1.52. The first kappa shape index (κ1) is 16.6. The summed E-state index contributed by atoms with van der Waals surface area (Å²) in [4.78, 5) is 0. The minimum Gasteiger partial charge on any atom is -0.492 e. The number of ether oxygens (including phenoxy) is 1. The van der Waals surface area contributed by atoms with Gasteiger partial charge in [0, 0.05) is 18.7 Å². The smallest absolute Gasteiger partial charge is 0.120 e. The minimum atomic E-state index is 0.525. The molecule has 0 aliphatic heterocycles. The van der Waals surface area contributed by atoms with Crippen molar-refractivity contribution < 1.29 is 4.74 Å². The fourth-order valence-electron chi connectivity index (χ4n) is 1.73. The van der Waals surface area contributed by atoms with Crippen LogP contribution in [0.1, 0.15) is 33.6 Å². The summed E-state index contributed by atoms with van der Waals surface area (Å²) in [5.41, 5.74) is 0. The normalized spacial score (nSPS) is 12.7. The van der Waals surface area contributed by atoms with Crippen molar-refractivity contribution in [3.63, 3.8) is 0 Å². The molecule has 1 unspecified atom stereocenters. The van der Waals surface area contributed by atoms with Gasteiger partial charge in [-0.3, -0.25) is 0 Å². The van der Waals surface area contributed by atoms with E-state index >= 15 is 0 Å². The highest BCUT2D eigenvalue weighted by Crippen LogP contribution is 2.26. The van der Waals surface area contributed by atoms with E-state index in [0.29, 0.717) is 22.7 Å². The van der Waals surface area contributed by atoms with E-state index in [0.717, 1.165) is 18.2 Å². The van der Waals surface area contributed by atoms with Crippen molar-refractivity contribution in [2.45, 2.75) is 39.7 Å². The number of hydrogen-bond donors (Lipinski definition) is 1. The van der Waals surface area contributed by atoms with Crippen LogP contribution in [0.2, 0.25) is 10.0 Å². The Balaban J connectivity index is 2.18. The predicted molar refractivity (Wildman–Crippen MR) is 83.5 cm³/mol. The van der Waals surface area contributed by atoms with Crippen LogP contribution in [0.25, 0.3) is 0 Å². The number of hydrogen-bond acceptors (Lipinski definition) is 2. The Labute approximate surface area is 126 Å². The van der Waals surface area contributed by atoms with Crippen LogP contribution in [0.15, 0.2) is 18.2 Å². The third kappa shape index (κ3) is 7.05. The maximum Gasteiger partial charge on any atom is 0.120 e. The third-order valence-corrected chi connectivity index (χ3v) is 3.67. The second kappa shape index (κ2) is 8.68. The van der Waals surface area contributed by atoms with E-state index in [1.54, 1.807) is 12.1 Å². The summed E-state index contributed by atoms with van der Waals surface area (Å²) in [7, 11) is 0. The van der Waals surface area contributed by atoms with E-state index in [-0.39, 0.29) is 0 Å². The van der Waals surface area contributed by atoms with Crippen LogP contribution < -0.4 is 10.1 Å². The van der Waals surface area contributed by atoms with E-state index < -0.39 is 0 Å². The molecular weight excluding hydrogens is 281 g/mol. The molecule has 0 aromatic heterocycles. The molecule has 0 fully saturated rings. The SMILES string of the molecule is CC(C)CCC(C)NCCOc1ccc(Cl)c(Cl)c1. The lowest BCUT2D eigenvalue weighted by molar-refractivity contribution is 0.303. The van der Waals surface area contributed by atoms with Crippen LogP contribution in [0.5, 0.6) is 5.75 Å². The molecule has 0 bridgehead atoms. The van der Waals surface area contributed by atoms with Gasteiger partial charge in [0.2, 0.25) is 0 Å². The molecule has 1 aromatic rings. The van der Waals surface area contributed by atoms with E-state index in [2.05, 4.69) is 26.1 Å². The van der Waals surface area contributed by atoms with Crippen molar-refractivity contribution in [1.82, 2.24) is 5.32 Å². The second-order valence-corrected chi connectivity index (χ2v) is 6.07. The fraction of sp³-hybridized carbons (Fsp3) is 0.600. The lowest BCUT2D eigenvalue weighted by Gasteiger charge is -2.15. The van der Waals surface area contributed by atoms with Gasteiger partial charge in [0.1, 0.15) is 12.4 Å². The molecule has 1 atom stereocenters. The van der Waals surface area contributed by atoms with Gasteiger partial charge in [0.15, 0.2) is 0 Å². The molecule has 0 saturated heterocycles. The van der Waals surface area contributed by atoms with Gasteiger partial charge in [-0.05, 0) is 37.8 Å². The Morgan fingerprint density at radius 2 is 1.84 bits per heavy atom. The van der Waals surface area contributed by atoms with Gasteiger partial charge in [-0.2, -0.15) is 0 Å². The number of halogens is 2. The second-order valence-electron chi connectivity index (χ2n) is 5.25. The highest BCUT2D eigenvalue weighted by Gasteiger charge is 2.03. The zero-order valence-corrected chi connectivity index (χ0v) is 13.4. The monoisotopic (exact) mass is 303 g/mol. The molecule has 1 N–H and O–H groups in total. The Morgan fingerprint density at radius 3 is 2.47 bits per heavy atom. The van der Waals surface area contributed by atoms with Gasteiger partial charge >= 0.3 is 0 Å². The molecule has 1 aromatic carbocycles. The predicted octanol–water partition coefficient (Wildman–Crippen LogP) is 4.79. The Morgan fingerprint density at radius 1 is 1.11 bits per heavy atom. The lowest BCUT2D eigenvalue weighted by Crippen LogP contribution is -2.30. The molecule has 0 saturated carbocycles. The van der Waals surface area contributed by atoms with E-state index in [9.17, 15) is 0 Å². The molecule has 0 aliphatic carbocycles. The standard InChI is InChI=1S/C15H23Cl2NO/c1-11(2)4-5-12(3)18-8-9-19-13-6-7-14(16)15(17)10-13/h6-7,10-12,18H,4-5,8-9H2,1-3H3. The third-order valence-electron chi connectivity index (χ3n) is 2.93. The molecule has 4 heteroatoms. The van der Waals surface area contributed by atoms with Crippen molar-refractivity contribution in [2.75, 3.05) is 13.2 Å². The number of nitrogens with one attached hydrogen (secondary N) is 1. The maximum absolute atomic E-state index is 5.92. The molecule has 0 aliphatic rings. The molecule has 1 rings (SSSR count). The zero-order valence-electron chi connectivity index (χ0n) is 11.9. The fourth-order valence-corrected chi connectivity index (χ4v) is 2.01. The first-order chi connectivity index (χ1) is 8.99. The van der Waals surface area contributed by atoms with Gasteiger partial charge in [0.05, 0.1) is 10.0 Å². The molecular formula is C15H23Cl2NO. The number of rotatable bonds is 8. The number of benzene rings is 1. The summed E-state index contributed by atoms with van der Waals surface area (Å²) < 4.78 is 5.61. The molecule has 0 heterocycles. The van der Waals surface area contributed by atoms with Crippen molar-refractivity contribution >= 4 is 23.2 Å². The molecule has 108 valence electrons. The molecule has 0 radical (unpaired) electrons. The first-order valence-electron chi connectivity index (χ1n) is 6.80. The topological polar surface area (TPSA) is 21.3 Å². The zero-order chi connectivity index (χ0) is 14.3. The molecule has 19 heavy (non-hydrogen) atoms. The quantitative estimate of drug-likeness (QED) is 0.697. The average molecular weight is 304 g/mol. The van der Waals surface area contributed by atoms with E-state index in [1.807, 2.05) is 6.07 Å². The Kier molecular flexibility index (Phi) is 7.59. The van der Waals surface area contributed by atoms with Crippen LogP contribution >= 0.6 is 23.2 Å². The van der Waals surface area contributed by atoms with Crippen LogP contribution in [-0.2, 0) is 0 Å². The largest absolute Gasteiger partial charge is 0.492 e. The molecule has 0 spiro atoms. The maximum atomic E-state index is 5.92. The summed E-state index contributed by atoms with van der Waals surface area (Å²) >= 11 is 11.8.